The molecule has 108 valence electrons. The maximum absolute atomic E-state index is 12.0. The second-order valence-electron chi connectivity index (χ2n) is 5.39. The molecule has 2 heterocycles. The lowest BCUT2D eigenvalue weighted by Crippen LogP contribution is -2.35. The highest BCUT2D eigenvalue weighted by atomic mass is 16.1. The molecule has 0 saturated carbocycles. The van der Waals surface area contributed by atoms with E-state index >= 15 is 0 Å². The fourth-order valence-corrected chi connectivity index (χ4v) is 3.00. The van der Waals surface area contributed by atoms with E-state index < -0.39 is 0 Å². The van der Waals surface area contributed by atoms with Gasteiger partial charge in [0, 0.05) is 11.3 Å². The molecular weight excluding hydrogens is 266 g/mol. The summed E-state index contributed by atoms with van der Waals surface area (Å²) in [6, 6.07) is 9.65. The van der Waals surface area contributed by atoms with Gasteiger partial charge in [0.05, 0.1) is 23.7 Å². The fraction of sp³-hybridized carbons (Fsp3) is 0.400. The van der Waals surface area contributed by atoms with Crippen molar-refractivity contribution in [3.05, 3.63) is 40.3 Å². The number of nitrogens with zero attached hydrogens (tertiary/aromatic N) is 4. The molecule has 1 saturated heterocycles. The Morgan fingerprint density at radius 3 is 2.62 bits per heavy atom. The van der Waals surface area contributed by atoms with Gasteiger partial charge >= 0.3 is 0 Å². The van der Waals surface area contributed by atoms with Crippen LogP contribution in [-0.4, -0.2) is 34.4 Å². The third-order valence-electron chi connectivity index (χ3n) is 4.13. The molecule has 3 rings (SSSR count). The van der Waals surface area contributed by atoms with E-state index in [1.807, 2.05) is 18.2 Å². The smallest absolute Gasteiger partial charge is 0.293 e. The number of nitriles is 1. The molecule has 0 aliphatic carbocycles. The Morgan fingerprint density at radius 2 is 1.95 bits per heavy atom. The molecule has 1 fully saturated rings. The molecule has 1 aliphatic heterocycles. The highest BCUT2D eigenvalue weighted by molar-refractivity contribution is 5.83. The molecule has 21 heavy (non-hydrogen) atoms. The molecule has 6 nitrogen and oxygen atoms in total. The normalized spacial score (nSPS) is 16.9. The lowest BCUT2D eigenvalue weighted by molar-refractivity contribution is 0.233. The van der Waals surface area contributed by atoms with Gasteiger partial charge < -0.3 is 5.84 Å². The summed E-state index contributed by atoms with van der Waals surface area (Å²) in [7, 11) is 0. The first kappa shape index (κ1) is 13.6. The van der Waals surface area contributed by atoms with Crippen molar-refractivity contribution >= 4 is 10.8 Å². The van der Waals surface area contributed by atoms with Gasteiger partial charge in [-0.25, -0.2) is 0 Å². The molecule has 1 aromatic carbocycles. The van der Waals surface area contributed by atoms with Crippen LogP contribution in [0.3, 0.4) is 0 Å². The molecule has 2 aromatic rings. The second kappa shape index (κ2) is 5.54. The van der Waals surface area contributed by atoms with E-state index in [4.69, 9.17) is 11.1 Å². The minimum Gasteiger partial charge on any atom is -0.320 e. The van der Waals surface area contributed by atoms with E-state index in [1.165, 1.54) is 0 Å². The zero-order chi connectivity index (χ0) is 14.8. The Kier molecular flexibility index (Phi) is 3.59. The van der Waals surface area contributed by atoms with E-state index in [0.717, 1.165) is 41.8 Å². The van der Waals surface area contributed by atoms with Gasteiger partial charge in [-0.3, -0.25) is 9.69 Å². The van der Waals surface area contributed by atoms with Crippen molar-refractivity contribution < 1.29 is 0 Å². The summed E-state index contributed by atoms with van der Waals surface area (Å²) in [5.41, 5.74) is 0.626. The van der Waals surface area contributed by atoms with Crippen molar-refractivity contribution in [3.63, 3.8) is 0 Å². The summed E-state index contributed by atoms with van der Waals surface area (Å²) in [6.45, 7) is 2.22. The van der Waals surface area contributed by atoms with Crippen LogP contribution in [0.1, 0.15) is 24.5 Å². The summed E-state index contributed by atoms with van der Waals surface area (Å²) in [4.78, 5) is 15.1. The number of hydrogen-bond donors (Lipinski definition) is 1. The van der Waals surface area contributed by atoms with Gasteiger partial charge in [-0.1, -0.05) is 18.2 Å². The van der Waals surface area contributed by atoms with Crippen LogP contribution in [0.15, 0.2) is 29.1 Å². The lowest BCUT2D eigenvalue weighted by Gasteiger charge is -2.30. The summed E-state index contributed by atoms with van der Waals surface area (Å²) in [6.07, 6.45) is 1.85. The van der Waals surface area contributed by atoms with Crippen LogP contribution in [0.5, 0.6) is 0 Å². The van der Waals surface area contributed by atoms with Gasteiger partial charge in [0.1, 0.15) is 0 Å². The van der Waals surface area contributed by atoms with Crippen LogP contribution < -0.4 is 11.4 Å². The van der Waals surface area contributed by atoms with Crippen LogP contribution in [-0.2, 0) is 0 Å². The van der Waals surface area contributed by atoms with Crippen molar-refractivity contribution in [2.45, 2.75) is 18.8 Å². The third kappa shape index (κ3) is 2.48. The highest BCUT2D eigenvalue weighted by Crippen LogP contribution is 2.30. The maximum atomic E-state index is 12.0. The van der Waals surface area contributed by atoms with E-state index in [9.17, 15) is 4.79 Å². The topological polar surface area (TPSA) is 87.9 Å². The van der Waals surface area contributed by atoms with Crippen molar-refractivity contribution in [2.24, 2.45) is 0 Å². The Hall–Kier alpha value is -2.39. The minimum atomic E-state index is -0.267. The van der Waals surface area contributed by atoms with E-state index in [1.54, 1.807) is 6.07 Å². The lowest BCUT2D eigenvalue weighted by atomic mass is 9.90. The number of aromatic nitrogens is 2. The van der Waals surface area contributed by atoms with Crippen LogP contribution >= 0.6 is 0 Å². The number of piperidine rings is 1. The average molecular weight is 283 g/mol. The molecule has 0 amide bonds. The van der Waals surface area contributed by atoms with Gasteiger partial charge in [-0.05, 0) is 32.0 Å². The molecule has 6 heteroatoms. The van der Waals surface area contributed by atoms with Crippen molar-refractivity contribution in [3.8, 4) is 6.07 Å². The zero-order valence-electron chi connectivity index (χ0n) is 11.7. The predicted octanol–water partition coefficient (Wildman–Crippen LogP) is 0.813. The van der Waals surface area contributed by atoms with Gasteiger partial charge in [-0.15, -0.1) is 4.79 Å². The van der Waals surface area contributed by atoms with Gasteiger partial charge in [0.2, 0.25) is 0 Å². The van der Waals surface area contributed by atoms with Crippen molar-refractivity contribution in [1.82, 2.24) is 14.8 Å². The number of nitrogens with two attached hydrogens (primary N) is 1. The molecule has 1 aromatic heterocycles. The molecule has 0 atom stereocenters. The first-order valence-electron chi connectivity index (χ1n) is 7.07. The molecule has 0 unspecified atom stereocenters. The first-order chi connectivity index (χ1) is 10.2. The predicted molar refractivity (Wildman–Crippen MR) is 80.2 cm³/mol. The van der Waals surface area contributed by atoms with Crippen LogP contribution in [0.4, 0.5) is 0 Å². The van der Waals surface area contributed by atoms with Gasteiger partial charge in [0.15, 0.2) is 0 Å². The number of nitrogen functional groups attached to an aromatic ring is 1. The largest absolute Gasteiger partial charge is 0.320 e. The molecular formula is C15H17N5O. The van der Waals surface area contributed by atoms with E-state index in [-0.39, 0.29) is 11.5 Å². The Balaban J connectivity index is 1.97. The summed E-state index contributed by atoms with van der Waals surface area (Å²) < 4.78 is 0. The minimum absolute atomic E-state index is 0.267. The number of benzene rings is 1. The molecule has 0 spiro atoms. The summed E-state index contributed by atoms with van der Waals surface area (Å²) in [5, 5.41) is 14.6. The number of fused-ring (bicyclic) bond motifs is 1. The summed E-state index contributed by atoms with van der Waals surface area (Å²) in [5.74, 6) is 5.99. The molecule has 0 radical (unpaired) electrons. The number of hydrogen-bond acceptors (Lipinski definition) is 5. The zero-order valence-corrected chi connectivity index (χ0v) is 11.7. The Labute approximate surface area is 122 Å². The quantitative estimate of drug-likeness (QED) is 0.651. The Morgan fingerprint density at radius 1 is 1.29 bits per heavy atom. The standard InChI is InChI=1S/C15H17N5O/c16-7-10-19-8-5-11(6-9-19)14-12-3-1-2-4-13(12)15(21)20(17)18-14/h1-4,11H,5-6,8-10,17H2. The van der Waals surface area contributed by atoms with Crippen LogP contribution in [0.25, 0.3) is 10.8 Å². The highest BCUT2D eigenvalue weighted by Gasteiger charge is 2.24. The van der Waals surface area contributed by atoms with Gasteiger partial charge in [-0.2, -0.15) is 10.4 Å². The number of rotatable bonds is 2. The monoisotopic (exact) mass is 283 g/mol. The molecule has 2 N–H and O–H groups in total. The summed E-state index contributed by atoms with van der Waals surface area (Å²) >= 11 is 0. The van der Waals surface area contributed by atoms with Crippen molar-refractivity contribution in [2.75, 3.05) is 25.5 Å². The maximum Gasteiger partial charge on any atom is 0.293 e. The number of likely N-dealkylation sites (tertiary alicyclic amines) is 1. The van der Waals surface area contributed by atoms with E-state index in [0.29, 0.717) is 11.9 Å². The van der Waals surface area contributed by atoms with E-state index in [2.05, 4.69) is 16.1 Å². The van der Waals surface area contributed by atoms with Crippen LogP contribution in [0.2, 0.25) is 0 Å². The second-order valence-corrected chi connectivity index (χ2v) is 5.39. The average Bonchev–Trinajstić information content (AvgIpc) is 2.52. The molecule has 1 aliphatic rings. The molecule has 0 bridgehead atoms. The first-order valence-corrected chi connectivity index (χ1v) is 7.07. The van der Waals surface area contributed by atoms with Crippen LogP contribution in [0, 0.1) is 11.3 Å². The third-order valence-corrected chi connectivity index (χ3v) is 4.13. The fourth-order valence-electron chi connectivity index (χ4n) is 3.00. The van der Waals surface area contributed by atoms with Gasteiger partial charge in [0.25, 0.3) is 5.56 Å². The SMILES string of the molecule is N#CCN1CCC(c2nn(N)c(=O)c3ccccc23)CC1. The van der Waals surface area contributed by atoms with Crippen molar-refractivity contribution in [1.29, 1.82) is 5.26 Å². The Bertz CT molecular complexity index is 753.